The lowest BCUT2D eigenvalue weighted by Crippen LogP contribution is -2.49. The highest BCUT2D eigenvalue weighted by Gasteiger charge is 2.27. The van der Waals surface area contributed by atoms with Crippen LogP contribution in [0.25, 0.3) is 0 Å². The third-order valence-corrected chi connectivity index (χ3v) is 4.72. The van der Waals surface area contributed by atoms with Gasteiger partial charge in [-0.1, -0.05) is 19.3 Å². The summed E-state index contributed by atoms with van der Waals surface area (Å²) in [5.41, 5.74) is 0. The fraction of sp³-hybridized carbons (Fsp3) is 0.933. The first-order valence-corrected chi connectivity index (χ1v) is 7.86. The van der Waals surface area contributed by atoms with Crippen molar-refractivity contribution in [2.45, 2.75) is 57.0 Å². The van der Waals surface area contributed by atoms with Gasteiger partial charge in [-0.15, -0.1) is 24.8 Å². The highest BCUT2D eigenvalue weighted by Crippen LogP contribution is 2.28. The number of halogens is 2. The minimum Gasteiger partial charge on any atom is -0.353 e. The number of nitrogens with one attached hydrogen (secondary N) is 2. The molecule has 2 rings (SSSR count). The molecule has 4 nitrogen and oxygen atoms in total. The first-order valence-electron chi connectivity index (χ1n) is 7.86. The van der Waals surface area contributed by atoms with Gasteiger partial charge in [-0.25, -0.2) is 0 Å². The second kappa shape index (κ2) is 10.7. The van der Waals surface area contributed by atoms with Gasteiger partial charge in [0.1, 0.15) is 0 Å². The average molecular weight is 340 g/mol. The quantitative estimate of drug-likeness (QED) is 0.807. The number of rotatable bonds is 5. The van der Waals surface area contributed by atoms with Crippen LogP contribution in [-0.4, -0.2) is 50.1 Å². The van der Waals surface area contributed by atoms with Crippen LogP contribution in [0.2, 0.25) is 0 Å². The summed E-state index contributed by atoms with van der Waals surface area (Å²) in [4.78, 5) is 14.4. The topological polar surface area (TPSA) is 44.4 Å². The molecular formula is C15H31Cl2N3O. The van der Waals surface area contributed by atoms with Gasteiger partial charge in [0, 0.05) is 12.6 Å². The third kappa shape index (κ3) is 6.31. The lowest BCUT2D eigenvalue weighted by atomic mass is 9.83. The van der Waals surface area contributed by atoms with Crippen molar-refractivity contribution in [1.82, 2.24) is 15.5 Å². The Bertz CT molecular complexity index is 291. The molecule has 1 amide bonds. The molecule has 1 saturated heterocycles. The molecule has 2 unspecified atom stereocenters. The number of hydrogen-bond donors (Lipinski definition) is 2. The van der Waals surface area contributed by atoms with Gasteiger partial charge >= 0.3 is 0 Å². The van der Waals surface area contributed by atoms with Gasteiger partial charge in [-0.3, -0.25) is 4.79 Å². The van der Waals surface area contributed by atoms with E-state index in [1.54, 1.807) is 0 Å². The van der Waals surface area contributed by atoms with Crippen LogP contribution >= 0.6 is 24.8 Å². The van der Waals surface area contributed by atoms with Gasteiger partial charge in [0.25, 0.3) is 0 Å². The predicted molar refractivity (Wildman–Crippen MR) is 92.6 cm³/mol. The minimum absolute atomic E-state index is 0. The molecule has 0 aromatic carbocycles. The molecule has 0 aromatic heterocycles. The molecule has 2 fully saturated rings. The van der Waals surface area contributed by atoms with Crippen LogP contribution < -0.4 is 10.6 Å². The fourth-order valence-corrected chi connectivity index (χ4v) is 3.53. The van der Waals surface area contributed by atoms with E-state index in [1.165, 1.54) is 32.1 Å². The van der Waals surface area contributed by atoms with Crippen LogP contribution in [0.5, 0.6) is 0 Å². The van der Waals surface area contributed by atoms with Crippen molar-refractivity contribution in [2.75, 3.05) is 27.2 Å². The molecule has 21 heavy (non-hydrogen) atoms. The molecule has 2 aliphatic rings. The number of carbonyl (C=O) groups excluding carboxylic acids is 1. The summed E-state index contributed by atoms with van der Waals surface area (Å²) >= 11 is 0. The number of likely N-dealkylation sites (N-methyl/N-ethyl adjacent to an activating group) is 1. The van der Waals surface area contributed by atoms with Crippen molar-refractivity contribution < 1.29 is 4.79 Å². The maximum absolute atomic E-state index is 12.1. The van der Waals surface area contributed by atoms with Crippen molar-refractivity contribution in [3.05, 3.63) is 0 Å². The summed E-state index contributed by atoms with van der Waals surface area (Å²) < 4.78 is 0. The largest absolute Gasteiger partial charge is 0.353 e. The molecule has 1 saturated carbocycles. The van der Waals surface area contributed by atoms with Crippen LogP contribution in [0, 0.1) is 5.92 Å². The van der Waals surface area contributed by atoms with E-state index >= 15 is 0 Å². The maximum Gasteiger partial charge on any atom is 0.237 e. The molecule has 2 atom stereocenters. The zero-order chi connectivity index (χ0) is 13.7. The lowest BCUT2D eigenvalue weighted by Gasteiger charge is -2.35. The molecule has 2 N–H and O–H groups in total. The molecule has 1 aliphatic heterocycles. The Kier molecular flexibility index (Phi) is 10.6. The average Bonchev–Trinajstić information content (AvgIpc) is 2.93. The van der Waals surface area contributed by atoms with Crippen LogP contribution in [-0.2, 0) is 4.79 Å². The van der Waals surface area contributed by atoms with E-state index in [4.69, 9.17) is 0 Å². The van der Waals surface area contributed by atoms with Crippen molar-refractivity contribution in [1.29, 1.82) is 0 Å². The predicted octanol–water partition coefficient (Wildman–Crippen LogP) is 2.21. The van der Waals surface area contributed by atoms with Gasteiger partial charge in [-0.2, -0.15) is 0 Å². The Morgan fingerprint density at radius 3 is 2.33 bits per heavy atom. The van der Waals surface area contributed by atoms with Gasteiger partial charge < -0.3 is 15.5 Å². The molecule has 126 valence electrons. The Hall–Kier alpha value is -0.0300. The minimum atomic E-state index is 0. The van der Waals surface area contributed by atoms with Crippen molar-refractivity contribution in [3.63, 3.8) is 0 Å². The van der Waals surface area contributed by atoms with E-state index in [-0.39, 0.29) is 36.8 Å². The van der Waals surface area contributed by atoms with Crippen molar-refractivity contribution in [2.24, 2.45) is 5.92 Å². The molecule has 0 bridgehead atoms. The van der Waals surface area contributed by atoms with E-state index in [0.29, 0.717) is 6.04 Å². The summed E-state index contributed by atoms with van der Waals surface area (Å²) in [6.07, 6.45) is 8.84. The molecule has 6 heteroatoms. The van der Waals surface area contributed by atoms with Gasteiger partial charge in [0.2, 0.25) is 5.91 Å². The lowest BCUT2D eigenvalue weighted by molar-refractivity contribution is -0.123. The number of hydrogen-bond acceptors (Lipinski definition) is 3. The molecule has 0 radical (unpaired) electrons. The second-order valence-electron chi connectivity index (χ2n) is 6.32. The summed E-state index contributed by atoms with van der Waals surface area (Å²) in [5, 5.41) is 6.42. The van der Waals surface area contributed by atoms with Gasteiger partial charge in [-0.05, 0) is 52.2 Å². The van der Waals surface area contributed by atoms with Crippen LogP contribution in [0.3, 0.4) is 0 Å². The molecule has 1 heterocycles. The first-order chi connectivity index (χ1) is 9.18. The smallest absolute Gasteiger partial charge is 0.237 e. The van der Waals surface area contributed by atoms with Crippen molar-refractivity contribution in [3.8, 4) is 0 Å². The summed E-state index contributed by atoms with van der Waals surface area (Å²) in [5.74, 6) is 0.945. The zero-order valence-corrected chi connectivity index (χ0v) is 14.9. The van der Waals surface area contributed by atoms with E-state index in [9.17, 15) is 4.79 Å². The van der Waals surface area contributed by atoms with E-state index in [2.05, 4.69) is 29.6 Å². The van der Waals surface area contributed by atoms with Gasteiger partial charge in [0.05, 0.1) is 6.04 Å². The zero-order valence-electron chi connectivity index (χ0n) is 13.3. The molecule has 0 aromatic rings. The molecule has 1 aliphatic carbocycles. The summed E-state index contributed by atoms with van der Waals surface area (Å²) in [7, 11) is 4.28. The van der Waals surface area contributed by atoms with E-state index in [0.717, 1.165) is 31.8 Å². The standard InChI is InChI=1S/C15H29N3O.2ClH/c1-18(2)14(12-7-4-3-5-8-12)11-17-15(19)13-9-6-10-16-13;;/h12-14,16H,3-11H2,1-2H3,(H,17,19);2*1H. The Labute approximate surface area is 141 Å². The highest BCUT2D eigenvalue weighted by molar-refractivity contribution is 5.85. The number of nitrogens with zero attached hydrogens (tertiary/aromatic N) is 1. The Morgan fingerprint density at radius 1 is 1.14 bits per heavy atom. The molecule has 0 spiro atoms. The monoisotopic (exact) mass is 339 g/mol. The Balaban J connectivity index is 0.00000200. The summed E-state index contributed by atoms with van der Waals surface area (Å²) in [6.45, 7) is 1.78. The van der Waals surface area contributed by atoms with Gasteiger partial charge in [0.15, 0.2) is 0 Å². The van der Waals surface area contributed by atoms with Crippen LogP contribution in [0.4, 0.5) is 0 Å². The maximum atomic E-state index is 12.1. The third-order valence-electron chi connectivity index (χ3n) is 4.72. The van der Waals surface area contributed by atoms with E-state index in [1.807, 2.05) is 0 Å². The Morgan fingerprint density at radius 2 is 1.81 bits per heavy atom. The van der Waals surface area contributed by atoms with E-state index < -0.39 is 0 Å². The number of carbonyl (C=O) groups is 1. The molecular weight excluding hydrogens is 309 g/mol. The fourth-order valence-electron chi connectivity index (χ4n) is 3.53. The van der Waals surface area contributed by atoms with Crippen molar-refractivity contribution >= 4 is 30.7 Å². The summed E-state index contributed by atoms with van der Waals surface area (Å²) in [6, 6.07) is 0.542. The first kappa shape index (κ1) is 21.0. The highest BCUT2D eigenvalue weighted by atomic mass is 35.5. The van der Waals surface area contributed by atoms with Crippen LogP contribution in [0.1, 0.15) is 44.9 Å². The van der Waals surface area contributed by atoms with Crippen LogP contribution in [0.15, 0.2) is 0 Å². The number of amides is 1. The normalized spacial score (nSPS) is 24.0. The second-order valence-corrected chi connectivity index (χ2v) is 6.32. The SMILES string of the molecule is CN(C)C(CNC(=O)C1CCCN1)C1CCCCC1.Cl.Cl.